The first kappa shape index (κ1) is 19.1. The molecule has 0 spiro atoms. The van der Waals surface area contributed by atoms with Crippen LogP contribution < -0.4 is 0 Å². The summed E-state index contributed by atoms with van der Waals surface area (Å²) >= 11 is 0. The van der Waals surface area contributed by atoms with Gasteiger partial charge in [0.25, 0.3) is 10.1 Å². The lowest BCUT2D eigenvalue weighted by Crippen LogP contribution is -2.39. The Hall–Kier alpha value is -0.950. The molecule has 1 rings (SSSR count). The van der Waals surface area contributed by atoms with Crippen molar-refractivity contribution in [1.82, 2.24) is 0 Å². The van der Waals surface area contributed by atoms with Crippen molar-refractivity contribution < 1.29 is 22.1 Å². The van der Waals surface area contributed by atoms with Crippen molar-refractivity contribution in [3.63, 3.8) is 0 Å². The molecule has 0 saturated heterocycles. The summed E-state index contributed by atoms with van der Waals surface area (Å²) in [4.78, 5) is 0.145. The molecular weight excluding hydrogens is 304 g/mol. The third-order valence-electron chi connectivity index (χ3n) is 3.23. The highest BCUT2D eigenvalue weighted by Gasteiger charge is 2.27. The molecule has 0 saturated carbocycles. The van der Waals surface area contributed by atoms with E-state index in [-0.39, 0.29) is 11.5 Å². The Kier molecular flexibility index (Phi) is 6.15. The van der Waals surface area contributed by atoms with Crippen LogP contribution in [-0.2, 0) is 23.8 Å². The second-order valence-corrected chi connectivity index (χ2v) is 8.16. The van der Waals surface area contributed by atoms with Gasteiger partial charge < -0.3 is 9.47 Å². The van der Waals surface area contributed by atoms with Crippen LogP contribution in [0.3, 0.4) is 0 Å². The molecule has 5 nitrogen and oxygen atoms in total. The molecule has 0 fully saturated rings. The van der Waals surface area contributed by atoms with E-state index in [0.717, 1.165) is 5.56 Å². The van der Waals surface area contributed by atoms with Crippen LogP contribution >= 0.6 is 0 Å². The van der Waals surface area contributed by atoms with Gasteiger partial charge in [0.2, 0.25) is 0 Å². The fourth-order valence-corrected chi connectivity index (χ4v) is 2.51. The number of methoxy groups -OCH3 is 1. The molecule has 6 heteroatoms. The van der Waals surface area contributed by atoms with Crippen molar-refractivity contribution in [2.75, 3.05) is 20.3 Å². The Labute approximate surface area is 133 Å². The smallest absolute Gasteiger partial charge is 0.297 e. The van der Waals surface area contributed by atoms with Crippen molar-refractivity contribution in [2.24, 2.45) is 0 Å². The van der Waals surface area contributed by atoms with Crippen molar-refractivity contribution in [2.45, 2.75) is 50.7 Å². The van der Waals surface area contributed by atoms with Crippen LogP contribution in [0.4, 0.5) is 0 Å². The van der Waals surface area contributed by atoms with Crippen LogP contribution in [0.15, 0.2) is 29.2 Å². The molecule has 0 atom stereocenters. The minimum absolute atomic E-state index is 0.0665. The fourth-order valence-electron chi connectivity index (χ4n) is 1.46. The van der Waals surface area contributed by atoms with Crippen LogP contribution in [0.25, 0.3) is 0 Å². The SMILES string of the molecule is COC(C)(C)COC(C)(C)COS(=O)(=O)c1ccc(C)cc1. The van der Waals surface area contributed by atoms with Gasteiger partial charge in [-0.3, -0.25) is 4.18 Å². The largest absolute Gasteiger partial charge is 0.376 e. The van der Waals surface area contributed by atoms with E-state index in [1.165, 1.54) is 12.1 Å². The Balaban J connectivity index is 2.65. The molecule has 22 heavy (non-hydrogen) atoms. The lowest BCUT2D eigenvalue weighted by molar-refractivity contribution is -0.117. The standard InChI is InChI=1S/C16H26O5S/c1-13-7-9-14(10-8-13)22(17,18)21-12-16(4,5)20-11-15(2,3)19-6/h7-10H,11-12H2,1-6H3. The van der Waals surface area contributed by atoms with E-state index < -0.39 is 21.3 Å². The van der Waals surface area contributed by atoms with E-state index >= 15 is 0 Å². The van der Waals surface area contributed by atoms with E-state index in [9.17, 15) is 8.42 Å². The van der Waals surface area contributed by atoms with Gasteiger partial charge in [-0.05, 0) is 46.8 Å². The zero-order valence-electron chi connectivity index (χ0n) is 14.2. The topological polar surface area (TPSA) is 61.8 Å². The summed E-state index contributed by atoms with van der Waals surface area (Å²) in [5.74, 6) is 0. The number of rotatable bonds is 8. The zero-order valence-corrected chi connectivity index (χ0v) is 15.0. The molecule has 0 N–H and O–H groups in total. The predicted octanol–water partition coefficient (Wildman–Crippen LogP) is 2.92. The third kappa shape index (κ3) is 6.04. The first-order chi connectivity index (χ1) is 9.97. The number of hydrogen-bond acceptors (Lipinski definition) is 5. The highest BCUT2D eigenvalue weighted by atomic mass is 32.2. The maximum absolute atomic E-state index is 12.1. The van der Waals surface area contributed by atoms with E-state index in [4.69, 9.17) is 13.7 Å². The van der Waals surface area contributed by atoms with E-state index in [0.29, 0.717) is 6.61 Å². The molecule has 0 unspecified atom stereocenters. The first-order valence-corrected chi connectivity index (χ1v) is 8.53. The van der Waals surface area contributed by atoms with Gasteiger partial charge >= 0.3 is 0 Å². The van der Waals surface area contributed by atoms with Gasteiger partial charge in [-0.25, -0.2) is 0 Å². The summed E-state index contributed by atoms with van der Waals surface area (Å²) in [5.41, 5.74) is -0.190. The highest BCUT2D eigenvalue weighted by Crippen LogP contribution is 2.19. The Morgan fingerprint density at radius 3 is 2.00 bits per heavy atom. The highest BCUT2D eigenvalue weighted by molar-refractivity contribution is 7.86. The predicted molar refractivity (Wildman–Crippen MR) is 85.4 cm³/mol. The number of ether oxygens (including phenoxy) is 2. The monoisotopic (exact) mass is 330 g/mol. The summed E-state index contributed by atoms with van der Waals surface area (Å²) in [6, 6.07) is 6.54. The molecule has 0 bridgehead atoms. The van der Waals surface area contributed by atoms with Gasteiger partial charge in [0.15, 0.2) is 0 Å². The van der Waals surface area contributed by atoms with Crippen LogP contribution in [0.1, 0.15) is 33.3 Å². The third-order valence-corrected chi connectivity index (χ3v) is 4.51. The second-order valence-electron chi connectivity index (χ2n) is 6.54. The van der Waals surface area contributed by atoms with Crippen molar-refractivity contribution >= 4 is 10.1 Å². The molecule has 126 valence electrons. The van der Waals surface area contributed by atoms with Crippen molar-refractivity contribution in [1.29, 1.82) is 0 Å². The molecule has 0 heterocycles. The molecule has 0 amide bonds. The minimum atomic E-state index is -3.78. The van der Waals surface area contributed by atoms with Gasteiger partial charge in [-0.2, -0.15) is 8.42 Å². The summed E-state index contributed by atoms with van der Waals surface area (Å²) in [7, 11) is -2.17. The number of benzene rings is 1. The molecule has 0 aliphatic carbocycles. The Morgan fingerprint density at radius 2 is 1.50 bits per heavy atom. The maximum atomic E-state index is 12.1. The Morgan fingerprint density at radius 1 is 0.955 bits per heavy atom. The fraction of sp³-hybridized carbons (Fsp3) is 0.625. The first-order valence-electron chi connectivity index (χ1n) is 7.13. The normalized spacial score (nSPS) is 13.4. The average Bonchev–Trinajstić information content (AvgIpc) is 2.44. The maximum Gasteiger partial charge on any atom is 0.297 e. The van der Waals surface area contributed by atoms with Crippen LogP contribution in [-0.4, -0.2) is 39.9 Å². The van der Waals surface area contributed by atoms with E-state index in [1.54, 1.807) is 33.1 Å². The van der Waals surface area contributed by atoms with Gasteiger partial charge in [-0.1, -0.05) is 17.7 Å². The molecule has 0 aliphatic heterocycles. The van der Waals surface area contributed by atoms with Crippen LogP contribution in [0.5, 0.6) is 0 Å². The quantitative estimate of drug-likeness (QED) is 0.686. The van der Waals surface area contributed by atoms with Gasteiger partial charge in [0.1, 0.15) is 0 Å². The lowest BCUT2D eigenvalue weighted by Gasteiger charge is -2.30. The van der Waals surface area contributed by atoms with Crippen molar-refractivity contribution in [3.05, 3.63) is 29.8 Å². The minimum Gasteiger partial charge on any atom is -0.376 e. The van der Waals surface area contributed by atoms with Gasteiger partial charge in [0, 0.05) is 7.11 Å². The average molecular weight is 330 g/mol. The summed E-state index contributed by atoms with van der Waals surface area (Å²) in [6.45, 7) is 9.52. The molecule has 0 aliphatic rings. The van der Waals surface area contributed by atoms with E-state index in [2.05, 4.69) is 0 Å². The van der Waals surface area contributed by atoms with Gasteiger partial charge in [0.05, 0.1) is 29.3 Å². The second kappa shape index (κ2) is 7.08. The molecule has 0 aromatic heterocycles. The number of hydrogen-bond donors (Lipinski definition) is 0. The lowest BCUT2D eigenvalue weighted by atomic mass is 10.1. The van der Waals surface area contributed by atoms with Crippen LogP contribution in [0.2, 0.25) is 0 Å². The molecule has 0 radical (unpaired) electrons. The molecule has 1 aromatic rings. The summed E-state index contributed by atoms with van der Waals surface area (Å²) in [6.07, 6.45) is 0. The number of aryl methyl sites for hydroxylation is 1. The summed E-state index contributed by atoms with van der Waals surface area (Å²) < 4.78 is 40.4. The van der Waals surface area contributed by atoms with E-state index in [1.807, 2.05) is 20.8 Å². The van der Waals surface area contributed by atoms with Crippen molar-refractivity contribution in [3.8, 4) is 0 Å². The Bertz CT molecular complexity index is 573. The molecule has 1 aromatic carbocycles. The summed E-state index contributed by atoms with van der Waals surface area (Å²) in [5, 5.41) is 0. The zero-order chi connectivity index (χ0) is 17.0. The van der Waals surface area contributed by atoms with Gasteiger partial charge in [-0.15, -0.1) is 0 Å². The van der Waals surface area contributed by atoms with Crippen LogP contribution in [0, 0.1) is 6.92 Å². The molecular formula is C16H26O5S.